The molecule has 0 saturated carbocycles. The van der Waals surface area contributed by atoms with E-state index in [0.717, 1.165) is 11.1 Å². The number of aryl methyl sites for hydroxylation is 1. The lowest BCUT2D eigenvalue weighted by atomic mass is 10.1. The molecule has 0 saturated heterocycles. The fourth-order valence-corrected chi connectivity index (χ4v) is 2.36. The van der Waals surface area contributed by atoms with Gasteiger partial charge in [0.15, 0.2) is 0 Å². The van der Waals surface area contributed by atoms with Crippen molar-refractivity contribution in [3.63, 3.8) is 0 Å². The molecule has 26 heavy (non-hydrogen) atoms. The molecule has 136 valence electrons. The third kappa shape index (κ3) is 5.07. The van der Waals surface area contributed by atoms with Crippen LogP contribution in [0.1, 0.15) is 23.6 Å². The number of hydrogen-bond donors (Lipinski definition) is 2. The Kier molecular flexibility index (Phi) is 6.74. The van der Waals surface area contributed by atoms with Crippen LogP contribution >= 0.6 is 11.6 Å². The third-order valence-electron chi connectivity index (χ3n) is 3.70. The Morgan fingerprint density at radius 2 is 1.96 bits per heavy atom. The van der Waals surface area contributed by atoms with Crippen molar-refractivity contribution in [1.29, 1.82) is 0 Å². The second-order valence-corrected chi connectivity index (χ2v) is 5.95. The van der Waals surface area contributed by atoms with Gasteiger partial charge in [-0.1, -0.05) is 23.7 Å². The minimum absolute atomic E-state index is 0.479. The normalized spacial score (nSPS) is 10.6. The highest BCUT2D eigenvalue weighted by molar-refractivity contribution is 6.39. The molecule has 0 aliphatic rings. The smallest absolute Gasteiger partial charge is 0.329 e. The Balaban J connectivity index is 2.02. The van der Waals surface area contributed by atoms with Crippen molar-refractivity contribution in [2.24, 2.45) is 5.10 Å². The van der Waals surface area contributed by atoms with Crippen LogP contribution in [0.2, 0.25) is 5.02 Å². The number of ether oxygens (including phenoxy) is 1. The van der Waals surface area contributed by atoms with E-state index in [9.17, 15) is 9.59 Å². The molecule has 0 unspecified atom stereocenters. The molecule has 2 rings (SSSR count). The molecule has 7 heteroatoms. The zero-order valence-electron chi connectivity index (χ0n) is 14.8. The topological polar surface area (TPSA) is 79.8 Å². The summed E-state index contributed by atoms with van der Waals surface area (Å²) in [5.41, 5.74) is 5.29. The summed E-state index contributed by atoms with van der Waals surface area (Å²) in [5.74, 6) is -1.09. The van der Waals surface area contributed by atoms with Crippen molar-refractivity contribution in [3.8, 4) is 5.75 Å². The van der Waals surface area contributed by atoms with E-state index in [4.69, 9.17) is 16.3 Å². The van der Waals surface area contributed by atoms with Gasteiger partial charge in [-0.05, 0) is 56.2 Å². The molecule has 0 heterocycles. The molecule has 0 radical (unpaired) electrons. The molecule has 2 aromatic rings. The van der Waals surface area contributed by atoms with Crippen LogP contribution in [0.4, 0.5) is 5.69 Å². The molecular weight excluding hydrogens is 354 g/mol. The first kappa shape index (κ1) is 19.5. The van der Waals surface area contributed by atoms with E-state index in [1.165, 1.54) is 6.21 Å². The Bertz CT molecular complexity index is 850. The molecule has 0 aromatic heterocycles. The van der Waals surface area contributed by atoms with Crippen molar-refractivity contribution < 1.29 is 14.3 Å². The number of amides is 2. The Labute approximate surface area is 157 Å². The first-order valence-electron chi connectivity index (χ1n) is 8.05. The van der Waals surface area contributed by atoms with Gasteiger partial charge in [0, 0.05) is 16.3 Å². The van der Waals surface area contributed by atoms with E-state index < -0.39 is 11.8 Å². The fraction of sp³-hybridized carbons (Fsp3) is 0.211. The van der Waals surface area contributed by atoms with Crippen molar-refractivity contribution in [1.82, 2.24) is 5.43 Å². The SMILES string of the molecule is CCOc1ccc(Cl)cc1/C=N\NC(=O)C(=O)Nc1cccc(C)c1C. The minimum Gasteiger partial charge on any atom is -0.493 e. The van der Waals surface area contributed by atoms with E-state index in [1.54, 1.807) is 24.3 Å². The summed E-state index contributed by atoms with van der Waals surface area (Å²) in [4.78, 5) is 23.9. The third-order valence-corrected chi connectivity index (χ3v) is 3.94. The highest BCUT2D eigenvalue weighted by atomic mass is 35.5. The predicted octanol–water partition coefficient (Wildman–Crippen LogP) is 3.44. The summed E-state index contributed by atoms with van der Waals surface area (Å²) >= 11 is 5.96. The van der Waals surface area contributed by atoms with Crippen LogP contribution in [-0.4, -0.2) is 24.6 Å². The zero-order valence-corrected chi connectivity index (χ0v) is 15.6. The van der Waals surface area contributed by atoms with E-state index >= 15 is 0 Å². The van der Waals surface area contributed by atoms with Crippen molar-refractivity contribution in [3.05, 3.63) is 58.1 Å². The fourth-order valence-electron chi connectivity index (χ4n) is 2.18. The van der Waals surface area contributed by atoms with Crippen LogP contribution in [0.3, 0.4) is 0 Å². The average Bonchev–Trinajstić information content (AvgIpc) is 2.61. The summed E-state index contributed by atoms with van der Waals surface area (Å²) in [6.07, 6.45) is 1.37. The van der Waals surface area contributed by atoms with Crippen LogP contribution in [0.25, 0.3) is 0 Å². The summed E-state index contributed by atoms with van der Waals surface area (Å²) in [7, 11) is 0. The quantitative estimate of drug-likeness (QED) is 0.478. The Hall–Kier alpha value is -2.86. The number of carbonyl (C=O) groups is 2. The van der Waals surface area contributed by atoms with Gasteiger partial charge in [0.05, 0.1) is 12.8 Å². The molecular formula is C19H20ClN3O3. The zero-order chi connectivity index (χ0) is 19.1. The van der Waals surface area contributed by atoms with Gasteiger partial charge in [0.2, 0.25) is 0 Å². The number of hydrazone groups is 1. The molecule has 0 bridgehead atoms. The standard InChI is InChI=1S/C19H20ClN3O3/c1-4-26-17-9-8-15(20)10-14(17)11-21-23-19(25)18(24)22-16-7-5-6-12(2)13(16)3/h5-11H,4H2,1-3H3,(H,22,24)(H,23,25)/b21-11-. The molecule has 0 aliphatic carbocycles. The van der Waals surface area contributed by atoms with Gasteiger partial charge in [0.1, 0.15) is 5.75 Å². The summed E-state index contributed by atoms with van der Waals surface area (Å²) in [5, 5.41) is 6.88. The van der Waals surface area contributed by atoms with Gasteiger partial charge in [-0.2, -0.15) is 5.10 Å². The van der Waals surface area contributed by atoms with Crippen molar-refractivity contribution in [2.45, 2.75) is 20.8 Å². The lowest BCUT2D eigenvalue weighted by Crippen LogP contribution is -2.32. The van der Waals surface area contributed by atoms with Crippen LogP contribution in [-0.2, 0) is 9.59 Å². The average molecular weight is 374 g/mol. The van der Waals surface area contributed by atoms with Crippen LogP contribution in [0.5, 0.6) is 5.75 Å². The number of benzene rings is 2. The Morgan fingerprint density at radius 3 is 2.69 bits per heavy atom. The molecule has 2 amide bonds. The number of hydrogen-bond acceptors (Lipinski definition) is 4. The molecule has 2 aromatic carbocycles. The number of rotatable bonds is 5. The molecule has 2 N–H and O–H groups in total. The second kappa shape index (κ2) is 9.01. The number of carbonyl (C=O) groups excluding carboxylic acids is 2. The number of nitrogens with one attached hydrogen (secondary N) is 2. The highest BCUT2D eigenvalue weighted by Crippen LogP contribution is 2.21. The number of anilines is 1. The van der Waals surface area contributed by atoms with Crippen LogP contribution in [0, 0.1) is 13.8 Å². The molecule has 6 nitrogen and oxygen atoms in total. The minimum atomic E-state index is -0.873. The number of nitrogens with zero attached hydrogens (tertiary/aromatic N) is 1. The van der Waals surface area contributed by atoms with E-state index in [2.05, 4.69) is 15.8 Å². The van der Waals surface area contributed by atoms with Gasteiger partial charge in [-0.25, -0.2) is 5.43 Å². The van der Waals surface area contributed by atoms with Gasteiger partial charge < -0.3 is 10.1 Å². The maximum absolute atomic E-state index is 12.0. The molecule has 0 aliphatic heterocycles. The van der Waals surface area contributed by atoms with Crippen molar-refractivity contribution >= 4 is 35.3 Å². The maximum Gasteiger partial charge on any atom is 0.329 e. The first-order valence-corrected chi connectivity index (χ1v) is 8.43. The molecule has 0 fully saturated rings. The van der Waals surface area contributed by atoms with Gasteiger partial charge in [0.25, 0.3) is 0 Å². The van der Waals surface area contributed by atoms with E-state index in [-0.39, 0.29) is 0 Å². The lowest BCUT2D eigenvalue weighted by Gasteiger charge is -2.09. The molecule has 0 spiro atoms. The summed E-state index contributed by atoms with van der Waals surface area (Å²) in [6, 6.07) is 10.5. The summed E-state index contributed by atoms with van der Waals surface area (Å²) in [6.45, 7) is 6.13. The van der Waals surface area contributed by atoms with Crippen molar-refractivity contribution in [2.75, 3.05) is 11.9 Å². The van der Waals surface area contributed by atoms with Crippen LogP contribution in [0.15, 0.2) is 41.5 Å². The van der Waals surface area contributed by atoms with Gasteiger partial charge >= 0.3 is 11.8 Å². The first-order chi connectivity index (χ1) is 12.4. The van der Waals surface area contributed by atoms with Gasteiger partial charge in [-0.15, -0.1) is 0 Å². The second-order valence-electron chi connectivity index (χ2n) is 5.52. The van der Waals surface area contributed by atoms with E-state index in [1.807, 2.05) is 32.9 Å². The summed E-state index contributed by atoms with van der Waals surface area (Å²) < 4.78 is 5.46. The largest absolute Gasteiger partial charge is 0.493 e. The van der Waals surface area contributed by atoms with Gasteiger partial charge in [-0.3, -0.25) is 9.59 Å². The lowest BCUT2D eigenvalue weighted by molar-refractivity contribution is -0.136. The number of halogens is 1. The monoisotopic (exact) mass is 373 g/mol. The predicted molar refractivity (Wildman–Crippen MR) is 103 cm³/mol. The highest BCUT2D eigenvalue weighted by Gasteiger charge is 2.14. The maximum atomic E-state index is 12.0. The molecule has 0 atom stereocenters. The van der Waals surface area contributed by atoms with E-state index in [0.29, 0.717) is 28.6 Å². The Morgan fingerprint density at radius 1 is 1.19 bits per heavy atom. The van der Waals surface area contributed by atoms with Crippen LogP contribution < -0.4 is 15.5 Å².